The van der Waals surface area contributed by atoms with Crippen LogP contribution in [0, 0.1) is 5.92 Å². The highest BCUT2D eigenvalue weighted by atomic mass is 79.9. The summed E-state index contributed by atoms with van der Waals surface area (Å²) in [5.74, 6) is -2.44. The Kier molecular flexibility index (Phi) is 7.28. The van der Waals surface area contributed by atoms with E-state index in [9.17, 15) is 27.6 Å². The van der Waals surface area contributed by atoms with Crippen molar-refractivity contribution in [2.45, 2.75) is 27.6 Å². The highest BCUT2D eigenvalue weighted by molar-refractivity contribution is 9.10. The first-order chi connectivity index (χ1) is 19.5. The monoisotopic (exact) mass is 690 g/mol. The normalized spacial score (nSPS) is 20.1. The first-order valence-electron chi connectivity index (χ1n) is 12.0. The van der Waals surface area contributed by atoms with Gasteiger partial charge in [0.1, 0.15) is 11.8 Å². The molecule has 1 fully saturated rings. The Morgan fingerprint density at radius 1 is 1.00 bits per heavy atom. The molecule has 4 aromatic rings. The lowest BCUT2D eigenvalue weighted by atomic mass is 9.87. The fraction of sp³-hybridized carbons (Fsp3) is 0.154. The van der Waals surface area contributed by atoms with Gasteiger partial charge >= 0.3 is 4.87 Å². The van der Waals surface area contributed by atoms with Crippen molar-refractivity contribution in [3.8, 4) is 0 Å². The summed E-state index contributed by atoms with van der Waals surface area (Å²) in [5, 5.41) is 9.37. The second-order valence-corrected chi connectivity index (χ2v) is 14.9. The zero-order valence-electron chi connectivity index (χ0n) is 20.7. The number of sulfonamides is 1. The van der Waals surface area contributed by atoms with Crippen LogP contribution >= 0.6 is 50.4 Å². The molecule has 15 heteroatoms. The molecule has 4 heterocycles. The molecule has 2 aromatic carbocycles. The molecule has 2 aliphatic rings. The van der Waals surface area contributed by atoms with Gasteiger partial charge in [-0.1, -0.05) is 45.1 Å². The number of halogens is 1. The van der Waals surface area contributed by atoms with Crippen LogP contribution in [0.3, 0.4) is 0 Å². The number of carbonyl (C=O) groups excluding carboxylic acids is 3. The van der Waals surface area contributed by atoms with Gasteiger partial charge in [-0.3, -0.25) is 23.7 Å². The number of amides is 3. The topological polar surface area (TPSA) is 149 Å². The van der Waals surface area contributed by atoms with Crippen LogP contribution < -0.4 is 20.2 Å². The van der Waals surface area contributed by atoms with Crippen molar-refractivity contribution in [2.24, 2.45) is 11.1 Å². The lowest BCUT2D eigenvalue weighted by Gasteiger charge is -2.29. The summed E-state index contributed by atoms with van der Waals surface area (Å²) in [6.07, 6.45) is 0. The number of thioether (sulfide) groups is 1. The van der Waals surface area contributed by atoms with Crippen LogP contribution in [0.4, 0.5) is 11.4 Å². The van der Waals surface area contributed by atoms with Gasteiger partial charge in [0, 0.05) is 25.8 Å². The van der Waals surface area contributed by atoms with Crippen molar-refractivity contribution in [1.82, 2.24) is 4.57 Å². The van der Waals surface area contributed by atoms with Gasteiger partial charge in [-0.25, -0.2) is 18.5 Å². The molecule has 3 amide bonds. The Balaban J connectivity index is 1.33. The van der Waals surface area contributed by atoms with Crippen LogP contribution in [0.1, 0.15) is 15.7 Å². The standard InChI is InChI=1S/C26H19BrN4O6S4/c27-13-3-7-15(8-4-13)31-23(33)20-19(17-2-1-11-38-17)22-25(39-21(20)24(31)34)30(26(35)40-22)12-18(32)29-14-5-9-16(10-6-14)41(28,36)37/h1-11,19-21H,12H2,(H,29,32)(H2,28,36,37)/t19-,20?,21?/m0/s1. The molecule has 3 N–H and O–H groups in total. The van der Waals surface area contributed by atoms with Crippen molar-refractivity contribution < 1.29 is 22.8 Å². The van der Waals surface area contributed by atoms with E-state index in [1.807, 2.05) is 17.5 Å². The van der Waals surface area contributed by atoms with E-state index in [0.717, 1.165) is 32.4 Å². The van der Waals surface area contributed by atoms with E-state index in [0.29, 0.717) is 21.3 Å². The number of aromatic nitrogens is 1. The van der Waals surface area contributed by atoms with E-state index in [4.69, 9.17) is 5.14 Å². The minimum Gasteiger partial charge on any atom is -0.325 e. The fourth-order valence-electron chi connectivity index (χ4n) is 4.95. The van der Waals surface area contributed by atoms with Crippen molar-refractivity contribution in [2.75, 3.05) is 10.2 Å². The third-order valence-electron chi connectivity index (χ3n) is 6.75. The lowest BCUT2D eigenvalue weighted by molar-refractivity contribution is -0.122. The maximum atomic E-state index is 13.8. The maximum Gasteiger partial charge on any atom is 0.308 e. The molecule has 2 aromatic heterocycles. The summed E-state index contributed by atoms with van der Waals surface area (Å²) < 4.78 is 25.1. The Hall–Kier alpha value is -3.08. The molecule has 0 radical (unpaired) electrons. The fourth-order valence-corrected chi connectivity index (χ4v) is 9.45. The first-order valence-corrected chi connectivity index (χ1v) is 16.9. The highest BCUT2D eigenvalue weighted by Crippen LogP contribution is 2.54. The van der Waals surface area contributed by atoms with Crippen LogP contribution in [-0.2, 0) is 31.0 Å². The summed E-state index contributed by atoms with van der Waals surface area (Å²) in [7, 11) is -3.88. The molecule has 210 valence electrons. The average molecular weight is 692 g/mol. The molecule has 0 aliphatic carbocycles. The molecule has 6 rings (SSSR count). The molecule has 10 nitrogen and oxygen atoms in total. The van der Waals surface area contributed by atoms with Crippen LogP contribution in [0.25, 0.3) is 0 Å². The number of primary sulfonamides is 1. The van der Waals surface area contributed by atoms with Gasteiger partial charge < -0.3 is 5.32 Å². The number of hydrogen-bond acceptors (Lipinski definition) is 9. The van der Waals surface area contributed by atoms with Crippen molar-refractivity contribution in [3.05, 3.63) is 89.9 Å². The quantitative estimate of drug-likeness (QED) is 0.292. The number of fused-ring (bicyclic) bond motifs is 2. The van der Waals surface area contributed by atoms with Crippen LogP contribution in [0.15, 0.2) is 85.2 Å². The summed E-state index contributed by atoms with van der Waals surface area (Å²) in [5.41, 5.74) is 0.794. The van der Waals surface area contributed by atoms with Gasteiger partial charge in [0.25, 0.3) is 0 Å². The minimum absolute atomic E-state index is 0.0999. The van der Waals surface area contributed by atoms with E-state index in [1.165, 1.54) is 45.1 Å². The number of nitrogens with zero attached hydrogens (tertiary/aromatic N) is 2. The van der Waals surface area contributed by atoms with Gasteiger partial charge in [-0.05, 0) is 60.0 Å². The molecule has 0 saturated carbocycles. The number of hydrogen-bond donors (Lipinski definition) is 2. The van der Waals surface area contributed by atoms with Gasteiger partial charge in [-0.15, -0.1) is 11.3 Å². The summed E-state index contributed by atoms with van der Waals surface area (Å²) in [4.78, 5) is 55.9. The predicted molar refractivity (Wildman–Crippen MR) is 161 cm³/mol. The molecule has 2 unspecified atom stereocenters. The highest BCUT2D eigenvalue weighted by Gasteiger charge is 2.57. The number of carbonyl (C=O) groups is 3. The molecule has 3 atom stereocenters. The third kappa shape index (κ3) is 5.10. The molecule has 2 aliphatic heterocycles. The van der Waals surface area contributed by atoms with Crippen molar-refractivity contribution in [1.29, 1.82) is 0 Å². The number of imide groups is 1. The number of nitrogens with two attached hydrogens (primary N) is 1. The van der Waals surface area contributed by atoms with Gasteiger partial charge in [0.05, 0.1) is 21.5 Å². The second kappa shape index (κ2) is 10.6. The minimum atomic E-state index is -3.88. The molecular formula is C26H19BrN4O6S4. The molecule has 0 bridgehead atoms. The zero-order chi connectivity index (χ0) is 29.1. The number of rotatable bonds is 6. The third-order valence-corrected chi connectivity index (χ3v) is 11.8. The van der Waals surface area contributed by atoms with Crippen molar-refractivity contribution in [3.63, 3.8) is 0 Å². The average Bonchev–Trinajstić information content (AvgIpc) is 3.62. The largest absolute Gasteiger partial charge is 0.325 e. The number of nitrogens with one attached hydrogen (secondary N) is 1. The Bertz CT molecular complexity index is 1850. The molecule has 0 spiro atoms. The maximum absolute atomic E-state index is 13.8. The Morgan fingerprint density at radius 2 is 1.71 bits per heavy atom. The number of benzene rings is 2. The van der Waals surface area contributed by atoms with Gasteiger partial charge in [0.2, 0.25) is 27.7 Å². The van der Waals surface area contributed by atoms with Crippen molar-refractivity contribution >= 4 is 89.5 Å². The number of thiophene rings is 1. The van der Waals surface area contributed by atoms with E-state index in [2.05, 4.69) is 21.2 Å². The lowest BCUT2D eigenvalue weighted by Crippen LogP contribution is -2.32. The smallest absolute Gasteiger partial charge is 0.308 e. The predicted octanol–water partition coefficient (Wildman–Crippen LogP) is 3.82. The number of anilines is 2. The number of thiazole rings is 1. The summed E-state index contributed by atoms with van der Waals surface area (Å²) in [6.45, 7) is -0.332. The van der Waals surface area contributed by atoms with Gasteiger partial charge in [0.15, 0.2) is 0 Å². The molecule has 1 saturated heterocycles. The SMILES string of the molecule is NS(=O)(=O)c1ccc(NC(=O)Cn2c3c(sc2=O)[C@@H](c2cccs2)C2C(=O)N(c4ccc(Br)cc4)C(=O)C2S3)cc1. The van der Waals surface area contributed by atoms with E-state index in [1.54, 1.807) is 24.3 Å². The molecule has 41 heavy (non-hydrogen) atoms. The van der Waals surface area contributed by atoms with Gasteiger partial charge in [-0.2, -0.15) is 0 Å². The van der Waals surface area contributed by atoms with E-state index < -0.39 is 33.0 Å². The summed E-state index contributed by atoms with van der Waals surface area (Å²) in [6, 6.07) is 16.0. The molecular weight excluding hydrogens is 672 g/mol. The first kappa shape index (κ1) is 28.1. The van der Waals surface area contributed by atoms with Crippen LogP contribution in [0.2, 0.25) is 0 Å². The Labute approximate surface area is 254 Å². The Morgan fingerprint density at radius 3 is 2.34 bits per heavy atom. The second-order valence-electron chi connectivity index (χ2n) is 9.29. The van der Waals surface area contributed by atoms with Crippen LogP contribution in [-0.4, -0.2) is 36.0 Å². The van der Waals surface area contributed by atoms with E-state index >= 15 is 0 Å². The summed E-state index contributed by atoms with van der Waals surface area (Å²) >= 11 is 6.93. The van der Waals surface area contributed by atoms with Crippen LogP contribution in [0.5, 0.6) is 0 Å². The zero-order valence-corrected chi connectivity index (χ0v) is 25.6. The van der Waals surface area contributed by atoms with E-state index in [-0.39, 0.29) is 28.1 Å².